The summed E-state index contributed by atoms with van der Waals surface area (Å²) in [7, 11) is 0. The first-order valence-corrected chi connectivity index (χ1v) is 6.28. The first kappa shape index (κ1) is 13.2. The van der Waals surface area contributed by atoms with Crippen LogP contribution in [-0.4, -0.2) is 25.5 Å². The second kappa shape index (κ2) is 7.41. The van der Waals surface area contributed by atoms with E-state index >= 15 is 0 Å². The predicted molar refractivity (Wildman–Crippen MR) is 69.6 cm³/mol. The van der Waals surface area contributed by atoms with Gasteiger partial charge in [0.05, 0.1) is 5.56 Å². The zero-order valence-electron chi connectivity index (χ0n) is 9.42. The van der Waals surface area contributed by atoms with E-state index in [9.17, 15) is 4.79 Å². The highest BCUT2D eigenvalue weighted by atomic mass is 79.9. The summed E-state index contributed by atoms with van der Waals surface area (Å²) in [6.45, 7) is 4.68. The molecule has 0 aliphatic rings. The molecule has 0 spiro atoms. The van der Waals surface area contributed by atoms with E-state index in [2.05, 4.69) is 33.5 Å². The van der Waals surface area contributed by atoms with Gasteiger partial charge < -0.3 is 10.6 Å². The molecule has 4 heteroatoms. The van der Waals surface area contributed by atoms with Crippen LogP contribution in [0.15, 0.2) is 28.7 Å². The van der Waals surface area contributed by atoms with Crippen molar-refractivity contribution in [3.63, 3.8) is 0 Å². The van der Waals surface area contributed by atoms with Crippen LogP contribution in [0.2, 0.25) is 0 Å². The average molecular weight is 285 g/mol. The topological polar surface area (TPSA) is 41.1 Å². The Labute approximate surface area is 105 Å². The van der Waals surface area contributed by atoms with Crippen molar-refractivity contribution in [2.75, 3.05) is 19.6 Å². The third-order valence-electron chi connectivity index (χ3n) is 2.18. The summed E-state index contributed by atoms with van der Waals surface area (Å²) < 4.78 is 0.833. The molecule has 0 aliphatic heterocycles. The molecule has 0 atom stereocenters. The summed E-state index contributed by atoms with van der Waals surface area (Å²) in [5.41, 5.74) is 0.686. The van der Waals surface area contributed by atoms with Crippen LogP contribution in [0.25, 0.3) is 0 Å². The van der Waals surface area contributed by atoms with E-state index in [-0.39, 0.29) is 5.91 Å². The fourth-order valence-electron chi connectivity index (χ4n) is 1.33. The summed E-state index contributed by atoms with van der Waals surface area (Å²) in [6.07, 6.45) is 0.948. The molecule has 2 N–H and O–H groups in total. The first-order valence-electron chi connectivity index (χ1n) is 5.49. The molecule has 0 aromatic heterocycles. The minimum absolute atomic E-state index is 0.0241. The summed E-state index contributed by atoms with van der Waals surface area (Å²) >= 11 is 3.36. The molecular formula is C12H17BrN2O. The molecule has 0 heterocycles. The third-order valence-corrected chi connectivity index (χ3v) is 2.88. The van der Waals surface area contributed by atoms with Crippen LogP contribution in [0, 0.1) is 0 Å². The van der Waals surface area contributed by atoms with Crippen molar-refractivity contribution in [1.29, 1.82) is 0 Å². The van der Waals surface area contributed by atoms with Gasteiger partial charge in [0, 0.05) is 11.0 Å². The van der Waals surface area contributed by atoms with E-state index in [0.717, 1.165) is 24.0 Å². The van der Waals surface area contributed by atoms with Gasteiger partial charge in [0.25, 0.3) is 5.91 Å². The zero-order valence-corrected chi connectivity index (χ0v) is 11.0. The molecule has 16 heavy (non-hydrogen) atoms. The molecule has 0 saturated carbocycles. The van der Waals surface area contributed by atoms with Crippen LogP contribution >= 0.6 is 15.9 Å². The lowest BCUT2D eigenvalue weighted by Gasteiger charge is -2.06. The van der Waals surface area contributed by atoms with Gasteiger partial charge >= 0.3 is 0 Å². The van der Waals surface area contributed by atoms with Gasteiger partial charge in [-0.3, -0.25) is 4.79 Å². The lowest BCUT2D eigenvalue weighted by molar-refractivity contribution is 0.0952. The van der Waals surface area contributed by atoms with Gasteiger partial charge in [-0.05, 0) is 47.6 Å². The molecule has 3 nitrogen and oxygen atoms in total. The van der Waals surface area contributed by atoms with Gasteiger partial charge in [-0.15, -0.1) is 0 Å². The Balaban J connectivity index is 2.33. The van der Waals surface area contributed by atoms with Gasteiger partial charge in [0.1, 0.15) is 0 Å². The van der Waals surface area contributed by atoms with Crippen LogP contribution in [0.5, 0.6) is 0 Å². The number of amides is 1. The van der Waals surface area contributed by atoms with Crippen molar-refractivity contribution in [3.05, 3.63) is 34.3 Å². The van der Waals surface area contributed by atoms with Crippen LogP contribution in [-0.2, 0) is 0 Å². The van der Waals surface area contributed by atoms with Gasteiger partial charge in [0.2, 0.25) is 0 Å². The highest BCUT2D eigenvalue weighted by molar-refractivity contribution is 9.10. The Morgan fingerprint density at radius 3 is 2.75 bits per heavy atom. The molecule has 0 aliphatic carbocycles. The maximum Gasteiger partial charge on any atom is 0.252 e. The number of rotatable bonds is 6. The molecule has 1 rings (SSSR count). The van der Waals surface area contributed by atoms with Crippen LogP contribution < -0.4 is 10.6 Å². The summed E-state index contributed by atoms with van der Waals surface area (Å²) in [5.74, 6) is -0.0241. The highest BCUT2D eigenvalue weighted by Gasteiger charge is 2.07. The Bertz CT molecular complexity index is 342. The van der Waals surface area contributed by atoms with E-state index in [1.165, 1.54) is 0 Å². The molecule has 1 aromatic carbocycles. The number of carbonyl (C=O) groups is 1. The number of nitrogens with one attached hydrogen (secondary N) is 2. The first-order chi connectivity index (χ1) is 7.75. The van der Waals surface area contributed by atoms with Crippen LogP contribution in [0.3, 0.4) is 0 Å². The second-order valence-corrected chi connectivity index (χ2v) is 4.30. The standard InChI is InChI=1S/C12H17BrN2O/c1-2-14-8-5-9-15-12(16)10-6-3-4-7-11(10)13/h3-4,6-7,14H,2,5,8-9H2,1H3,(H,15,16). The van der Waals surface area contributed by atoms with E-state index in [1.54, 1.807) is 0 Å². The largest absolute Gasteiger partial charge is 0.352 e. The lowest BCUT2D eigenvalue weighted by atomic mass is 10.2. The monoisotopic (exact) mass is 284 g/mol. The fraction of sp³-hybridized carbons (Fsp3) is 0.417. The second-order valence-electron chi connectivity index (χ2n) is 3.44. The molecule has 88 valence electrons. The quantitative estimate of drug-likeness (QED) is 0.787. The van der Waals surface area contributed by atoms with Crippen LogP contribution in [0.4, 0.5) is 0 Å². The molecule has 0 fully saturated rings. The Morgan fingerprint density at radius 2 is 2.06 bits per heavy atom. The van der Waals surface area contributed by atoms with Crippen molar-refractivity contribution in [1.82, 2.24) is 10.6 Å². The Hall–Kier alpha value is -0.870. The maximum absolute atomic E-state index is 11.7. The average Bonchev–Trinajstić information content (AvgIpc) is 2.29. The van der Waals surface area contributed by atoms with Gasteiger partial charge in [-0.1, -0.05) is 19.1 Å². The van der Waals surface area contributed by atoms with Crippen LogP contribution in [0.1, 0.15) is 23.7 Å². The number of hydrogen-bond acceptors (Lipinski definition) is 2. The SMILES string of the molecule is CCNCCCNC(=O)c1ccccc1Br. The van der Waals surface area contributed by atoms with Crippen molar-refractivity contribution in [2.24, 2.45) is 0 Å². The van der Waals surface area contributed by atoms with Crippen molar-refractivity contribution < 1.29 is 4.79 Å². The molecule has 0 bridgehead atoms. The minimum atomic E-state index is -0.0241. The number of benzene rings is 1. The molecule has 0 radical (unpaired) electrons. The van der Waals surface area contributed by atoms with Gasteiger partial charge in [-0.2, -0.15) is 0 Å². The molecule has 1 aromatic rings. The van der Waals surface area contributed by atoms with E-state index < -0.39 is 0 Å². The Morgan fingerprint density at radius 1 is 1.31 bits per heavy atom. The normalized spacial score (nSPS) is 10.1. The van der Waals surface area contributed by atoms with E-state index in [0.29, 0.717) is 12.1 Å². The summed E-state index contributed by atoms with van der Waals surface area (Å²) in [6, 6.07) is 7.43. The summed E-state index contributed by atoms with van der Waals surface area (Å²) in [4.78, 5) is 11.7. The number of hydrogen-bond donors (Lipinski definition) is 2. The fourth-order valence-corrected chi connectivity index (χ4v) is 1.80. The Kier molecular flexibility index (Phi) is 6.11. The molecular weight excluding hydrogens is 268 g/mol. The smallest absolute Gasteiger partial charge is 0.252 e. The number of halogens is 1. The van der Waals surface area contributed by atoms with E-state index in [1.807, 2.05) is 24.3 Å². The third kappa shape index (κ3) is 4.33. The number of carbonyl (C=O) groups excluding carboxylic acids is 1. The highest BCUT2D eigenvalue weighted by Crippen LogP contribution is 2.15. The molecule has 0 unspecified atom stereocenters. The molecule has 1 amide bonds. The maximum atomic E-state index is 11.7. The molecule has 0 saturated heterocycles. The zero-order chi connectivity index (χ0) is 11.8. The van der Waals surface area contributed by atoms with Gasteiger partial charge in [0.15, 0.2) is 0 Å². The van der Waals surface area contributed by atoms with Crippen molar-refractivity contribution >= 4 is 21.8 Å². The van der Waals surface area contributed by atoms with E-state index in [4.69, 9.17) is 0 Å². The minimum Gasteiger partial charge on any atom is -0.352 e. The lowest BCUT2D eigenvalue weighted by Crippen LogP contribution is -2.27. The summed E-state index contributed by atoms with van der Waals surface area (Å²) in [5, 5.41) is 6.10. The van der Waals surface area contributed by atoms with Crippen molar-refractivity contribution in [2.45, 2.75) is 13.3 Å². The van der Waals surface area contributed by atoms with Gasteiger partial charge in [-0.25, -0.2) is 0 Å². The predicted octanol–water partition coefficient (Wildman–Crippen LogP) is 2.18. The van der Waals surface area contributed by atoms with Crippen molar-refractivity contribution in [3.8, 4) is 0 Å².